The van der Waals surface area contributed by atoms with E-state index in [4.69, 9.17) is 5.73 Å². The highest BCUT2D eigenvalue weighted by Gasteiger charge is 2.22. The largest absolute Gasteiger partial charge is 0.319 e. The van der Waals surface area contributed by atoms with Crippen LogP contribution in [0.25, 0.3) is 0 Å². The summed E-state index contributed by atoms with van der Waals surface area (Å²) in [7, 11) is 0. The Kier molecular flexibility index (Phi) is 3.21. The monoisotopic (exact) mass is 193 g/mol. The molecule has 1 aromatic rings. The van der Waals surface area contributed by atoms with Crippen molar-refractivity contribution in [1.29, 1.82) is 0 Å². The molecule has 0 aliphatic heterocycles. The first kappa shape index (κ1) is 11.1. The Hall–Kier alpha value is -0.960. The number of aryl methyl sites for hydroxylation is 2. The molecule has 0 spiro atoms. The summed E-state index contributed by atoms with van der Waals surface area (Å²) in [5, 5.41) is 0. The molecule has 0 saturated heterocycles. The van der Waals surface area contributed by atoms with Crippen LogP contribution in [-0.2, 0) is 12.0 Å². The average Bonchev–Trinajstić information content (AvgIpc) is 2.16. The van der Waals surface area contributed by atoms with Gasteiger partial charge < -0.3 is 5.73 Å². The van der Waals surface area contributed by atoms with Crippen LogP contribution in [0.2, 0.25) is 0 Å². The molecule has 1 unspecified atom stereocenters. The molecule has 0 amide bonds. The van der Waals surface area contributed by atoms with E-state index in [1.807, 2.05) is 19.9 Å². The molecule has 0 aromatic carbocycles. The molecule has 1 heterocycles. The molecule has 14 heavy (non-hydrogen) atoms. The summed E-state index contributed by atoms with van der Waals surface area (Å²) in [6, 6.07) is 2.01. The first-order valence-corrected chi connectivity index (χ1v) is 5.13. The summed E-state index contributed by atoms with van der Waals surface area (Å²) in [6.07, 6.45) is 1.77. The highest BCUT2D eigenvalue weighted by atomic mass is 15.0. The van der Waals surface area contributed by atoms with Gasteiger partial charge in [0.2, 0.25) is 0 Å². The van der Waals surface area contributed by atoms with Crippen molar-refractivity contribution in [3.8, 4) is 0 Å². The topological polar surface area (TPSA) is 51.8 Å². The second kappa shape index (κ2) is 4.05. The van der Waals surface area contributed by atoms with E-state index in [0.717, 1.165) is 30.1 Å². The van der Waals surface area contributed by atoms with E-state index in [9.17, 15) is 0 Å². The third-order valence-corrected chi connectivity index (χ3v) is 2.51. The maximum Gasteiger partial charge on any atom is 0.148 e. The molecular formula is C11H19N3. The number of rotatable bonds is 3. The van der Waals surface area contributed by atoms with Gasteiger partial charge in [0, 0.05) is 11.4 Å². The van der Waals surface area contributed by atoms with Crippen molar-refractivity contribution >= 4 is 0 Å². The van der Waals surface area contributed by atoms with Crippen LogP contribution in [0.4, 0.5) is 0 Å². The molecule has 1 atom stereocenters. The van der Waals surface area contributed by atoms with Gasteiger partial charge in [0.05, 0.1) is 5.54 Å². The van der Waals surface area contributed by atoms with Crippen LogP contribution in [0, 0.1) is 6.92 Å². The van der Waals surface area contributed by atoms with E-state index in [-0.39, 0.29) is 0 Å². The lowest BCUT2D eigenvalue weighted by molar-refractivity contribution is 0.442. The predicted molar refractivity (Wildman–Crippen MR) is 58.0 cm³/mol. The molecule has 3 nitrogen and oxygen atoms in total. The number of nitrogens with zero attached hydrogens (tertiary/aromatic N) is 2. The van der Waals surface area contributed by atoms with E-state index >= 15 is 0 Å². The molecule has 0 radical (unpaired) electrons. The van der Waals surface area contributed by atoms with Crippen LogP contribution in [0.5, 0.6) is 0 Å². The van der Waals surface area contributed by atoms with E-state index in [0.29, 0.717) is 0 Å². The zero-order chi connectivity index (χ0) is 10.8. The molecule has 78 valence electrons. The summed E-state index contributed by atoms with van der Waals surface area (Å²) < 4.78 is 0. The van der Waals surface area contributed by atoms with Crippen molar-refractivity contribution in [3.63, 3.8) is 0 Å². The fraction of sp³-hybridized carbons (Fsp3) is 0.636. The second-order valence-corrected chi connectivity index (χ2v) is 3.95. The van der Waals surface area contributed by atoms with Crippen LogP contribution < -0.4 is 5.73 Å². The van der Waals surface area contributed by atoms with Gasteiger partial charge >= 0.3 is 0 Å². The first-order chi connectivity index (χ1) is 6.49. The zero-order valence-corrected chi connectivity index (χ0v) is 9.46. The normalized spacial score (nSPS) is 15.2. The average molecular weight is 193 g/mol. The Morgan fingerprint density at radius 3 is 2.50 bits per heavy atom. The van der Waals surface area contributed by atoms with Crippen molar-refractivity contribution in [1.82, 2.24) is 9.97 Å². The third-order valence-electron chi connectivity index (χ3n) is 2.51. The summed E-state index contributed by atoms with van der Waals surface area (Å²) in [6.45, 7) is 8.10. The predicted octanol–water partition coefficient (Wildman–Crippen LogP) is 1.93. The lowest BCUT2D eigenvalue weighted by atomic mass is 9.99. The van der Waals surface area contributed by atoms with Crippen molar-refractivity contribution in [3.05, 3.63) is 23.3 Å². The van der Waals surface area contributed by atoms with Gasteiger partial charge in [0.1, 0.15) is 5.82 Å². The molecule has 0 bridgehead atoms. The molecular weight excluding hydrogens is 174 g/mol. The van der Waals surface area contributed by atoms with Crippen molar-refractivity contribution in [2.75, 3.05) is 0 Å². The lowest BCUT2D eigenvalue weighted by Gasteiger charge is -2.21. The minimum absolute atomic E-state index is 0.407. The second-order valence-electron chi connectivity index (χ2n) is 3.95. The van der Waals surface area contributed by atoms with E-state index in [1.54, 1.807) is 0 Å². The van der Waals surface area contributed by atoms with E-state index in [2.05, 4.69) is 23.8 Å². The van der Waals surface area contributed by atoms with Crippen LogP contribution in [0.15, 0.2) is 6.07 Å². The number of hydrogen-bond donors (Lipinski definition) is 1. The van der Waals surface area contributed by atoms with Crippen molar-refractivity contribution in [2.24, 2.45) is 5.73 Å². The van der Waals surface area contributed by atoms with Gasteiger partial charge in [-0.3, -0.25) is 0 Å². The lowest BCUT2D eigenvalue weighted by Crippen LogP contribution is -2.34. The minimum atomic E-state index is -0.407. The first-order valence-electron chi connectivity index (χ1n) is 5.13. The molecule has 0 aliphatic carbocycles. The maximum atomic E-state index is 6.10. The van der Waals surface area contributed by atoms with Gasteiger partial charge in [-0.2, -0.15) is 0 Å². The maximum absolute atomic E-state index is 6.10. The number of nitrogens with two attached hydrogens (primary N) is 1. The van der Waals surface area contributed by atoms with Gasteiger partial charge in [-0.1, -0.05) is 13.8 Å². The Bertz CT molecular complexity index is 318. The van der Waals surface area contributed by atoms with Crippen LogP contribution in [-0.4, -0.2) is 9.97 Å². The highest BCUT2D eigenvalue weighted by molar-refractivity contribution is 5.14. The quantitative estimate of drug-likeness (QED) is 0.798. The molecule has 1 rings (SSSR count). The van der Waals surface area contributed by atoms with E-state index < -0.39 is 5.54 Å². The number of aromatic nitrogens is 2. The van der Waals surface area contributed by atoms with Gasteiger partial charge in [0.25, 0.3) is 0 Å². The molecule has 0 fully saturated rings. The third kappa shape index (κ3) is 2.29. The summed E-state index contributed by atoms with van der Waals surface area (Å²) in [4.78, 5) is 8.85. The van der Waals surface area contributed by atoms with Crippen molar-refractivity contribution in [2.45, 2.75) is 46.1 Å². The minimum Gasteiger partial charge on any atom is -0.319 e. The summed E-state index contributed by atoms with van der Waals surface area (Å²) in [5.74, 6) is 0.761. The Morgan fingerprint density at radius 2 is 2.00 bits per heavy atom. The fourth-order valence-electron chi connectivity index (χ4n) is 1.23. The van der Waals surface area contributed by atoms with Crippen LogP contribution >= 0.6 is 0 Å². The fourth-order valence-corrected chi connectivity index (χ4v) is 1.23. The zero-order valence-electron chi connectivity index (χ0n) is 9.46. The SMILES string of the molecule is CCc1cc(C)nc(C(C)(N)CC)n1. The standard InChI is InChI=1S/C11H19N3/c1-5-9-7-8(3)13-10(14-9)11(4,12)6-2/h7H,5-6,12H2,1-4H3. The van der Waals surface area contributed by atoms with Gasteiger partial charge in [0.15, 0.2) is 0 Å². The Balaban J connectivity index is 3.15. The Labute approximate surface area is 85.8 Å². The summed E-state index contributed by atoms with van der Waals surface area (Å²) >= 11 is 0. The molecule has 3 heteroatoms. The Morgan fingerprint density at radius 1 is 1.36 bits per heavy atom. The molecule has 0 saturated carbocycles. The summed E-state index contributed by atoms with van der Waals surface area (Å²) in [5.41, 5.74) is 7.76. The smallest absolute Gasteiger partial charge is 0.148 e. The highest BCUT2D eigenvalue weighted by Crippen LogP contribution is 2.18. The number of hydrogen-bond acceptors (Lipinski definition) is 3. The van der Waals surface area contributed by atoms with Crippen molar-refractivity contribution < 1.29 is 0 Å². The molecule has 1 aromatic heterocycles. The van der Waals surface area contributed by atoms with Gasteiger partial charge in [-0.05, 0) is 32.8 Å². The van der Waals surface area contributed by atoms with Crippen LogP contribution in [0.3, 0.4) is 0 Å². The van der Waals surface area contributed by atoms with E-state index in [1.165, 1.54) is 0 Å². The van der Waals surface area contributed by atoms with Crippen LogP contribution in [0.1, 0.15) is 44.4 Å². The van der Waals surface area contributed by atoms with Gasteiger partial charge in [-0.25, -0.2) is 9.97 Å². The molecule has 2 N–H and O–H groups in total. The molecule has 0 aliphatic rings. The van der Waals surface area contributed by atoms with Gasteiger partial charge in [-0.15, -0.1) is 0 Å².